The van der Waals surface area contributed by atoms with Crippen LogP contribution in [0.15, 0.2) is 59.6 Å². The predicted molar refractivity (Wildman–Crippen MR) is 112 cm³/mol. The highest BCUT2D eigenvalue weighted by Gasteiger charge is 2.25. The number of methoxy groups -OCH3 is 1. The number of carbonyl (C=O) groups is 1. The van der Waals surface area contributed by atoms with Gasteiger partial charge in [0.05, 0.1) is 31.6 Å². The number of hydrogen-bond donors (Lipinski definition) is 0. The number of nitrogens with zero attached hydrogens (tertiary/aromatic N) is 2. The zero-order chi connectivity index (χ0) is 21.1. The van der Waals surface area contributed by atoms with Crippen LogP contribution in [0.4, 0.5) is 0 Å². The third kappa shape index (κ3) is 4.15. The average molecular weight is 426 g/mol. The van der Waals surface area contributed by atoms with E-state index in [-0.39, 0.29) is 22.3 Å². The molecule has 1 saturated heterocycles. The van der Waals surface area contributed by atoms with Gasteiger partial charge >= 0.3 is 0 Å². The molecule has 7 nitrogen and oxygen atoms in total. The number of fused-ring (bicyclic) bond motifs is 1. The summed E-state index contributed by atoms with van der Waals surface area (Å²) >= 11 is 0. The van der Waals surface area contributed by atoms with E-state index in [1.54, 1.807) is 17.2 Å². The van der Waals surface area contributed by atoms with Gasteiger partial charge in [-0.1, -0.05) is 18.2 Å². The van der Waals surface area contributed by atoms with E-state index in [1.807, 2.05) is 30.3 Å². The fraction of sp³-hybridized carbons (Fsp3) is 0.273. The zero-order valence-electron chi connectivity index (χ0n) is 16.6. The first kappa shape index (κ1) is 20.3. The fourth-order valence-corrected chi connectivity index (χ4v) is 5.01. The lowest BCUT2D eigenvalue weighted by Crippen LogP contribution is -2.40. The largest absolute Gasteiger partial charge is 0.495 e. The molecule has 8 heteroatoms. The molecule has 0 unspecified atom stereocenters. The van der Waals surface area contributed by atoms with E-state index < -0.39 is 9.84 Å². The monoisotopic (exact) mass is 426 g/mol. The molecule has 3 aromatic rings. The SMILES string of the molecule is COc1ccc(C(=O)N2CCOCC2)cc1S(=O)(=O)Cc1cnc2ccccc2c1. The maximum absolute atomic E-state index is 13.2. The van der Waals surface area contributed by atoms with Crippen LogP contribution in [0.25, 0.3) is 10.9 Å². The number of ether oxygens (including phenoxy) is 2. The van der Waals surface area contributed by atoms with Crippen LogP contribution < -0.4 is 4.74 Å². The van der Waals surface area contributed by atoms with Crippen LogP contribution in [0.3, 0.4) is 0 Å². The van der Waals surface area contributed by atoms with Crippen LogP contribution in [-0.2, 0) is 20.3 Å². The second-order valence-corrected chi connectivity index (χ2v) is 9.02. The highest BCUT2D eigenvalue weighted by atomic mass is 32.2. The Balaban J connectivity index is 1.66. The van der Waals surface area contributed by atoms with Gasteiger partial charge in [0.15, 0.2) is 9.84 Å². The van der Waals surface area contributed by atoms with Crippen LogP contribution in [0.1, 0.15) is 15.9 Å². The van der Waals surface area contributed by atoms with Gasteiger partial charge in [0, 0.05) is 30.2 Å². The summed E-state index contributed by atoms with van der Waals surface area (Å²) in [7, 11) is -2.36. The third-order valence-corrected chi connectivity index (χ3v) is 6.75. The van der Waals surface area contributed by atoms with Gasteiger partial charge in [-0.2, -0.15) is 0 Å². The van der Waals surface area contributed by atoms with Crippen molar-refractivity contribution in [2.45, 2.75) is 10.6 Å². The van der Waals surface area contributed by atoms with E-state index in [0.717, 1.165) is 10.9 Å². The Hall–Kier alpha value is -2.97. The molecular weight excluding hydrogens is 404 g/mol. The van der Waals surface area contributed by atoms with E-state index in [1.165, 1.54) is 19.2 Å². The lowest BCUT2D eigenvalue weighted by atomic mass is 10.2. The summed E-state index contributed by atoms with van der Waals surface area (Å²) in [5.74, 6) is -0.247. The van der Waals surface area contributed by atoms with Crippen molar-refractivity contribution in [1.82, 2.24) is 9.88 Å². The van der Waals surface area contributed by atoms with Gasteiger partial charge in [-0.05, 0) is 35.9 Å². The van der Waals surface area contributed by atoms with Crippen molar-refractivity contribution in [3.63, 3.8) is 0 Å². The van der Waals surface area contributed by atoms with Crippen molar-refractivity contribution >= 4 is 26.6 Å². The smallest absolute Gasteiger partial charge is 0.254 e. The first-order valence-corrected chi connectivity index (χ1v) is 11.2. The number of morpholine rings is 1. The van der Waals surface area contributed by atoms with Crippen LogP contribution in [0.5, 0.6) is 5.75 Å². The van der Waals surface area contributed by atoms with Gasteiger partial charge in [0.1, 0.15) is 10.6 Å². The Kier molecular flexibility index (Phi) is 5.69. The topological polar surface area (TPSA) is 85.8 Å². The normalized spacial score (nSPS) is 14.6. The standard InChI is InChI=1S/C22H22N2O5S/c1-28-20-7-6-18(22(25)24-8-10-29-11-9-24)13-21(20)30(26,27)15-16-12-17-4-2-3-5-19(17)23-14-16/h2-7,12-14H,8-11,15H2,1H3. The number of pyridine rings is 1. The molecule has 156 valence electrons. The molecule has 0 aliphatic carbocycles. The van der Waals surface area contributed by atoms with Gasteiger partial charge in [0.2, 0.25) is 0 Å². The number of hydrogen-bond acceptors (Lipinski definition) is 6. The molecule has 0 atom stereocenters. The second-order valence-electron chi connectivity index (χ2n) is 7.07. The molecule has 30 heavy (non-hydrogen) atoms. The minimum Gasteiger partial charge on any atom is -0.495 e. The number of sulfone groups is 1. The van der Waals surface area contributed by atoms with Crippen molar-refractivity contribution < 1.29 is 22.7 Å². The Morgan fingerprint density at radius 2 is 1.90 bits per heavy atom. The highest BCUT2D eigenvalue weighted by molar-refractivity contribution is 7.90. The summed E-state index contributed by atoms with van der Waals surface area (Å²) in [6, 6.07) is 13.9. The molecule has 2 aromatic carbocycles. The van der Waals surface area contributed by atoms with Gasteiger partial charge in [-0.15, -0.1) is 0 Å². The minimum atomic E-state index is -3.77. The molecule has 0 N–H and O–H groups in total. The van der Waals surface area contributed by atoms with Gasteiger partial charge in [-0.25, -0.2) is 8.42 Å². The minimum absolute atomic E-state index is 0.00253. The van der Waals surface area contributed by atoms with Gasteiger partial charge in [0.25, 0.3) is 5.91 Å². The van der Waals surface area contributed by atoms with Crippen LogP contribution in [0.2, 0.25) is 0 Å². The molecule has 1 amide bonds. The third-order valence-electron chi connectivity index (χ3n) is 5.05. The summed E-state index contributed by atoms with van der Waals surface area (Å²) in [5.41, 5.74) is 1.68. The molecule has 1 aromatic heterocycles. The van der Waals surface area contributed by atoms with Crippen LogP contribution in [0, 0.1) is 0 Å². The lowest BCUT2D eigenvalue weighted by Gasteiger charge is -2.27. The van der Waals surface area contributed by atoms with Crippen molar-refractivity contribution in [2.75, 3.05) is 33.4 Å². The Morgan fingerprint density at radius 3 is 2.67 bits per heavy atom. The predicted octanol–water partition coefficient (Wildman–Crippen LogP) is 2.69. The molecular formula is C22H22N2O5S. The fourth-order valence-electron chi connectivity index (χ4n) is 3.49. The Labute approximate surface area is 175 Å². The quantitative estimate of drug-likeness (QED) is 0.624. The molecule has 0 radical (unpaired) electrons. The number of amides is 1. The first-order valence-electron chi connectivity index (χ1n) is 9.59. The molecule has 2 heterocycles. The lowest BCUT2D eigenvalue weighted by molar-refractivity contribution is 0.0302. The van der Waals surface area contributed by atoms with E-state index in [4.69, 9.17) is 9.47 Å². The van der Waals surface area contributed by atoms with E-state index in [2.05, 4.69) is 4.98 Å². The average Bonchev–Trinajstić information content (AvgIpc) is 2.78. The van der Waals surface area contributed by atoms with Crippen molar-refractivity contribution in [1.29, 1.82) is 0 Å². The molecule has 0 spiro atoms. The number of aromatic nitrogens is 1. The maximum atomic E-state index is 13.2. The number of rotatable bonds is 5. The summed E-state index contributed by atoms with van der Waals surface area (Å²) < 4.78 is 37.0. The highest BCUT2D eigenvalue weighted by Crippen LogP contribution is 2.29. The van der Waals surface area contributed by atoms with E-state index >= 15 is 0 Å². The van der Waals surface area contributed by atoms with Gasteiger partial charge < -0.3 is 14.4 Å². The van der Waals surface area contributed by atoms with Crippen LogP contribution in [-0.4, -0.2) is 57.6 Å². The maximum Gasteiger partial charge on any atom is 0.254 e. The first-order chi connectivity index (χ1) is 14.5. The summed E-state index contributed by atoms with van der Waals surface area (Å²) in [6.07, 6.45) is 1.56. The summed E-state index contributed by atoms with van der Waals surface area (Å²) in [6.45, 7) is 1.91. The summed E-state index contributed by atoms with van der Waals surface area (Å²) in [4.78, 5) is 18.8. The molecule has 0 saturated carbocycles. The Morgan fingerprint density at radius 1 is 1.13 bits per heavy atom. The van der Waals surface area contributed by atoms with E-state index in [9.17, 15) is 13.2 Å². The number of carbonyl (C=O) groups excluding carboxylic acids is 1. The molecule has 0 bridgehead atoms. The van der Waals surface area contributed by atoms with Crippen molar-refractivity contribution in [3.8, 4) is 5.75 Å². The number of benzene rings is 2. The molecule has 1 aliphatic heterocycles. The van der Waals surface area contributed by atoms with Crippen molar-refractivity contribution in [3.05, 3.63) is 65.9 Å². The number of para-hydroxylation sites is 1. The zero-order valence-corrected chi connectivity index (χ0v) is 17.4. The molecule has 1 fully saturated rings. The second kappa shape index (κ2) is 8.41. The Bertz CT molecular complexity index is 1190. The summed E-state index contributed by atoms with van der Waals surface area (Å²) in [5, 5.41) is 0.869. The van der Waals surface area contributed by atoms with E-state index in [0.29, 0.717) is 37.4 Å². The van der Waals surface area contributed by atoms with Gasteiger partial charge in [-0.3, -0.25) is 9.78 Å². The molecule has 4 rings (SSSR count). The van der Waals surface area contributed by atoms with Crippen molar-refractivity contribution in [2.24, 2.45) is 0 Å². The molecule has 1 aliphatic rings. The van der Waals surface area contributed by atoms with Crippen LogP contribution >= 0.6 is 0 Å².